The molecule has 1 aliphatic rings. The van der Waals surface area contributed by atoms with Gasteiger partial charge in [0, 0.05) is 25.5 Å². The van der Waals surface area contributed by atoms with E-state index in [1.165, 1.54) is 6.07 Å². The molecule has 0 spiro atoms. The summed E-state index contributed by atoms with van der Waals surface area (Å²) < 4.78 is 34.9. The van der Waals surface area contributed by atoms with Gasteiger partial charge in [-0.3, -0.25) is 0 Å². The SMILES string of the molecule is COC1(Cn2c(CCCl)nc3c(F)cc(F)cc32)CCC1. The molecule has 0 saturated heterocycles. The highest BCUT2D eigenvalue weighted by molar-refractivity contribution is 6.17. The van der Waals surface area contributed by atoms with Gasteiger partial charge in [0.1, 0.15) is 17.2 Å². The zero-order chi connectivity index (χ0) is 15.0. The molecule has 3 nitrogen and oxygen atoms in total. The molecule has 0 aliphatic heterocycles. The fourth-order valence-corrected chi connectivity index (χ4v) is 3.10. The van der Waals surface area contributed by atoms with Crippen molar-refractivity contribution >= 4 is 22.6 Å². The number of hydrogen-bond donors (Lipinski definition) is 0. The number of rotatable bonds is 5. The highest BCUT2D eigenvalue weighted by Crippen LogP contribution is 2.38. The van der Waals surface area contributed by atoms with Gasteiger partial charge in [-0.05, 0) is 25.3 Å². The number of fused-ring (bicyclic) bond motifs is 1. The van der Waals surface area contributed by atoms with Crippen molar-refractivity contribution in [3.05, 3.63) is 29.6 Å². The van der Waals surface area contributed by atoms with Gasteiger partial charge in [-0.15, -0.1) is 11.6 Å². The predicted molar refractivity (Wildman–Crippen MR) is 77.7 cm³/mol. The van der Waals surface area contributed by atoms with Gasteiger partial charge in [0.2, 0.25) is 0 Å². The van der Waals surface area contributed by atoms with Gasteiger partial charge in [-0.2, -0.15) is 0 Å². The number of methoxy groups -OCH3 is 1. The Hall–Kier alpha value is -1.20. The van der Waals surface area contributed by atoms with Crippen LogP contribution >= 0.6 is 11.6 Å². The fraction of sp³-hybridized carbons (Fsp3) is 0.533. The summed E-state index contributed by atoms with van der Waals surface area (Å²) in [5.41, 5.74) is 0.412. The Morgan fingerprint density at radius 1 is 1.38 bits per heavy atom. The van der Waals surface area contributed by atoms with Gasteiger partial charge in [0.25, 0.3) is 0 Å². The average molecular weight is 315 g/mol. The summed E-state index contributed by atoms with van der Waals surface area (Å²) in [7, 11) is 1.68. The molecule has 3 rings (SSSR count). The summed E-state index contributed by atoms with van der Waals surface area (Å²) in [4.78, 5) is 4.30. The molecule has 0 bridgehead atoms. The maximum Gasteiger partial charge on any atom is 0.153 e. The normalized spacial score (nSPS) is 17.1. The minimum absolute atomic E-state index is 0.196. The number of alkyl halides is 1. The topological polar surface area (TPSA) is 27.1 Å². The molecule has 2 aromatic rings. The van der Waals surface area contributed by atoms with Crippen molar-refractivity contribution in [1.82, 2.24) is 9.55 Å². The van der Waals surface area contributed by atoms with E-state index >= 15 is 0 Å². The van der Waals surface area contributed by atoms with Crippen molar-refractivity contribution in [3.63, 3.8) is 0 Å². The number of aryl methyl sites for hydroxylation is 1. The molecule has 0 atom stereocenters. The van der Waals surface area contributed by atoms with E-state index in [1.54, 1.807) is 7.11 Å². The lowest BCUT2D eigenvalue weighted by molar-refractivity contribution is -0.0832. The van der Waals surface area contributed by atoms with Crippen LogP contribution in [0, 0.1) is 11.6 Å². The van der Waals surface area contributed by atoms with Crippen LogP contribution in [-0.2, 0) is 17.7 Å². The molecule has 1 heterocycles. The van der Waals surface area contributed by atoms with Crippen LogP contribution in [0.2, 0.25) is 0 Å². The van der Waals surface area contributed by atoms with E-state index in [9.17, 15) is 8.78 Å². The van der Waals surface area contributed by atoms with Crippen LogP contribution in [0.1, 0.15) is 25.1 Å². The Morgan fingerprint density at radius 2 is 2.14 bits per heavy atom. The molecule has 1 aromatic carbocycles. The monoisotopic (exact) mass is 314 g/mol. The van der Waals surface area contributed by atoms with E-state index in [0.29, 0.717) is 30.2 Å². The fourth-order valence-electron chi connectivity index (χ4n) is 2.94. The first-order valence-corrected chi connectivity index (χ1v) is 7.57. The average Bonchev–Trinajstić information content (AvgIpc) is 2.73. The van der Waals surface area contributed by atoms with Crippen LogP contribution in [-0.4, -0.2) is 28.1 Å². The first-order valence-electron chi connectivity index (χ1n) is 7.04. The Balaban J connectivity index is 2.11. The number of ether oxygens (including phenoxy) is 1. The van der Waals surface area contributed by atoms with E-state index in [-0.39, 0.29) is 11.1 Å². The van der Waals surface area contributed by atoms with Crippen LogP contribution < -0.4 is 0 Å². The Bertz CT molecular complexity index is 662. The summed E-state index contributed by atoms with van der Waals surface area (Å²) in [6.45, 7) is 0.551. The molecule has 0 N–H and O–H groups in total. The molecule has 21 heavy (non-hydrogen) atoms. The van der Waals surface area contributed by atoms with Crippen LogP contribution in [0.15, 0.2) is 12.1 Å². The lowest BCUT2D eigenvalue weighted by Crippen LogP contribution is -2.43. The van der Waals surface area contributed by atoms with Crippen molar-refractivity contribution in [1.29, 1.82) is 0 Å². The third kappa shape index (κ3) is 2.53. The van der Waals surface area contributed by atoms with Crippen molar-refractivity contribution in [3.8, 4) is 0 Å². The van der Waals surface area contributed by atoms with Gasteiger partial charge >= 0.3 is 0 Å². The second-order valence-electron chi connectivity index (χ2n) is 5.55. The molecule has 6 heteroatoms. The van der Waals surface area contributed by atoms with Gasteiger partial charge in [-0.1, -0.05) is 0 Å². The molecular formula is C15H17ClF2N2O. The zero-order valence-corrected chi connectivity index (χ0v) is 12.6. The number of nitrogens with zero attached hydrogens (tertiary/aromatic N) is 2. The van der Waals surface area contributed by atoms with Crippen molar-refractivity contribution in [2.45, 2.75) is 37.8 Å². The number of benzene rings is 1. The van der Waals surface area contributed by atoms with E-state index in [1.807, 2.05) is 4.57 Å². The lowest BCUT2D eigenvalue weighted by Gasteiger charge is -2.41. The lowest BCUT2D eigenvalue weighted by atomic mass is 9.80. The smallest absolute Gasteiger partial charge is 0.153 e. The number of aromatic nitrogens is 2. The van der Waals surface area contributed by atoms with Crippen LogP contribution in [0.5, 0.6) is 0 Å². The van der Waals surface area contributed by atoms with E-state index < -0.39 is 11.6 Å². The third-order valence-electron chi connectivity index (χ3n) is 4.31. The first kappa shape index (κ1) is 14.7. The Morgan fingerprint density at radius 3 is 2.71 bits per heavy atom. The molecule has 1 aromatic heterocycles. The van der Waals surface area contributed by atoms with Crippen molar-refractivity contribution < 1.29 is 13.5 Å². The van der Waals surface area contributed by atoms with Crippen LogP contribution in [0.4, 0.5) is 8.78 Å². The minimum atomic E-state index is -0.639. The largest absolute Gasteiger partial charge is 0.376 e. The standard InChI is InChI=1S/C15H17ClF2N2O/c1-21-15(4-2-5-15)9-20-12-8-10(17)7-11(18)14(12)19-13(20)3-6-16/h7-8H,2-6,9H2,1H3. The molecule has 0 unspecified atom stereocenters. The van der Waals surface area contributed by atoms with E-state index in [2.05, 4.69) is 4.98 Å². The van der Waals surface area contributed by atoms with Gasteiger partial charge in [-0.25, -0.2) is 13.8 Å². The van der Waals surface area contributed by atoms with E-state index in [0.717, 1.165) is 25.3 Å². The summed E-state index contributed by atoms with van der Waals surface area (Å²) in [5, 5.41) is 0. The highest BCUT2D eigenvalue weighted by Gasteiger charge is 2.38. The molecule has 0 radical (unpaired) electrons. The second-order valence-corrected chi connectivity index (χ2v) is 5.93. The first-order chi connectivity index (χ1) is 10.1. The van der Waals surface area contributed by atoms with Crippen LogP contribution in [0.25, 0.3) is 11.0 Å². The summed E-state index contributed by atoms with van der Waals surface area (Å²) in [6, 6.07) is 2.19. The van der Waals surface area contributed by atoms with Crippen molar-refractivity contribution in [2.75, 3.05) is 13.0 Å². The molecular weight excluding hydrogens is 298 g/mol. The highest BCUT2D eigenvalue weighted by atomic mass is 35.5. The zero-order valence-electron chi connectivity index (χ0n) is 11.8. The summed E-state index contributed by atoms with van der Waals surface area (Å²) in [5.74, 6) is -0.181. The van der Waals surface area contributed by atoms with E-state index in [4.69, 9.17) is 16.3 Å². The quantitative estimate of drug-likeness (QED) is 0.787. The third-order valence-corrected chi connectivity index (χ3v) is 4.50. The summed E-state index contributed by atoms with van der Waals surface area (Å²) in [6.07, 6.45) is 3.51. The molecule has 1 aliphatic carbocycles. The maximum atomic E-state index is 13.9. The van der Waals surface area contributed by atoms with Crippen molar-refractivity contribution in [2.24, 2.45) is 0 Å². The number of halogens is 3. The Labute approximate surface area is 126 Å². The minimum Gasteiger partial charge on any atom is -0.376 e. The second kappa shape index (κ2) is 5.54. The molecule has 114 valence electrons. The maximum absolute atomic E-state index is 13.9. The van der Waals surface area contributed by atoms with Gasteiger partial charge in [0.05, 0.1) is 17.7 Å². The predicted octanol–water partition coefficient (Wildman–Crippen LogP) is 3.66. The molecule has 1 saturated carbocycles. The number of hydrogen-bond acceptors (Lipinski definition) is 2. The molecule has 1 fully saturated rings. The molecule has 0 amide bonds. The summed E-state index contributed by atoms with van der Waals surface area (Å²) >= 11 is 5.81. The Kier molecular flexibility index (Phi) is 3.88. The van der Waals surface area contributed by atoms with Crippen LogP contribution in [0.3, 0.4) is 0 Å². The van der Waals surface area contributed by atoms with Gasteiger partial charge < -0.3 is 9.30 Å². The van der Waals surface area contributed by atoms with Gasteiger partial charge in [0.15, 0.2) is 5.82 Å². The number of imidazole rings is 1.